The van der Waals surface area contributed by atoms with E-state index in [9.17, 15) is 4.79 Å². The largest absolute Gasteiger partial charge is 0.296 e. The van der Waals surface area contributed by atoms with Crippen molar-refractivity contribution < 1.29 is 4.79 Å². The molecule has 4 aromatic rings. The highest BCUT2D eigenvalue weighted by Crippen LogP contribution is 2.32. The summed E-state index contributed by atoms with van der Waals surface area (Å²) in [5, 5.41) is 6.09. The van der Waals surface area contributed by atoms with Crippen LogP contribution in [0.25, 0.3) is 22.3 Å². The third-order valence-corrected chi connectivity index (χ3v) is 4.93. The fourth-order valence-electron chi connectivity index (χ4n) is 2.38. The van der Waals surface area contributed by atoms with Crippen molar-refractivity contribution in [3.63, 3.8) is 0 Å². The van der Waals surface area contributed by atoms with Crippen molar-refractivity contribution in [2.24, 2.45) is 0 Å². The summed E-state index contributed by atoms with van der Waals surface area (Å²) in [6, 6.07) is 12.5. The van der Waals surface area contributed by atoms with Gasteiger partial charge in [-0.3, -0.25) is 15.1 Å². The van der Waals surface area contributed by atoms with Crippen LogP contribution in [0.1, 0.15) is 10.5 Å². The van der Waals surface area contributed by atoms with Gasteiger partial charge in [-0.05, 0) is 30.3 Å². The van der Waals surface area contributed by atoms with Crippen LogP contribution < -0.4 is 5.32 Å². The zero-order valence-electron chi connectivity index (χ0n) is 13.1. The molecule has 128 valence electrons. The molecule has 0 aliphatic carbocycles. The Balaban J connectivity index is 1.58. The minimum Gasteiger partial charge on any atom is -0.296 e. The second-order valence-electron chi connectivity index (χ2n) is 5.36. The fourth-order valence-corrected chi connectivity index (χ4v) is 3.47. The lowest BCUT2D eigenvalue weighted by Gasteiger charge is -2.03. The SMILES string of the molecule is O=C(Nc1nc(-c2cc(Cl)ccc2Cl)cs1)c1cnc2ccccc2n1. The van der Waals surface area contributed by atoms with Crippen LogP contribution >= 0.6 is 34.5 Å². The molecule has 8 heteroatoms. The average Bonchev–Trinajstić information content (AvgIpc) is 3.11. The summed E-state index contributed by atoms with van der Waals surface area (Å²) in [6.07, 6.45) is 1.44. The molecule has 2 aromatic carbocycles. The minimum absolute atomic E-state index is 0.223. The molecule has 0 saturated heterocycles. The lowest BCUT2D eigenvalue weighted by molar-refractivity contribution is 0.102. The maximum Gasteiger partial charge on any atom is 0.277 e. The predicted molar refractivity (Wildman–Crippen MR) is 105 cm³/mol. The van der Waals surface area contributed by atoms with Crippen LogP contribution in [0, 0.1) is 0 Å². The van der Waals surface area contributed by atoms with E-state index in [-0.39, 0.29) is 11.6 Å². The summed E-state index contributed by atoms with van der Waals surface area (Å²) in [7, 11) is 0. The Hall–Kier alpha value is -2.54. The Morgan fingerprint density at radius 1 is 1.04 bits per heavy atom. The Bertz CT molecular complexity index is 1130. The van der Waals surface area contributed by atoms with Gasteiger partial charge in [0.15, 0.2) is 5.13 Å². The highest BCUT2D eigenvalue weighted by atomic mass is 35.5. The Morgan fingerprint density at radius 2 is 1.85 bits per heavy atom. The second-order valence-corrected chi connectivity index (χ2v) is 7.06. The molecule has 0 fully saturated rings. The molecule has 5 nitrogen and oxygen atoms in total. The molecular weight excluding hydrogens is 391 g/mol. The number of aromatic nitrogens is 3. The predicted octanol–water partition coefficient (Wildman–Crippen LogP) is 5.31. The number of para-hydroxylation sites is 2. The zero-order chi connectivity index (χ0) is 18.1. The molecule has 0 saturated carbocycles. The maximum atomic E-state index is 12.4. The monoisotopic (exact) mass is 400 g/mol. The topological polar surface area (TPSA) is 67.8 Å². The smallest absolute Gasteiger partial charge is 0.277 e. The van der Waals surface area contributed by atoms with Gasteiger partial charge in [0.1, 0.15) is 5.69 Å². The number of benzene rings is 2. The molecule has 0 spiro atoms. The van der Waals surface area contributed by atoms with Gasteiger partial charge in [-0.1, -0.05) is 35.3 Å². The molecule has 4 rings (SSSR count). The summed E-state index contributed by atoms with van der Waals surface area (Å²) in [5.74, 6) is -0.374. The van der Waals surface area contributed by atoms with Crippen LogP contribution in [0.5, 0.6) is 0 Å². The van der Waals surface area contributed by atoms with E-state index in [4.69, 9.17) is 23.2 Å². The Morgan fingerprint density at radius 3 is 2.69 bits per heavy atom. The number of nitrogens with zero attached hydrogens (tertiary/aromatic N) is 3. The molecular formula is C18H10Cl2N4OS. The number of hydrogen-bond donors (Lipinski definition) is 1. The quantitative estimate of drug-likeness (QED) is 0.505. The summed E-state index contributed by atoms with van der Waals surface area (Å²) in [5.41, 5.74) is 2.96. The number of thiazole rings is 1. The van der Waals surface area contributed by atoms with Gasteiger partial charge in [-0.25, -0.2) is 9.97 Å². The van der Waals surface area contributed by atoms with E-state index in [1.807, 2.05) is 24.3 Å². The molecule has 2 heterocycles. The van der Waals surface area contributed by atoms with Gasteiger partial charge in [-0.2, -0.15) is 0 Å². The Labute approximate surface area is 162 Å². The highest BCUT2D eigenvalue weighted by molar-refractivity contribution is 7.14. The van der Waals surface area contributed by atoms with Crippen LogP contribution in [-0.4, -0.2) is 20.9 Å². The van der Waals surface area contributed by atoms with Crippen molar-refractivity contribution in [2.75, 3.05) is 5.32 Å². The molecule has 1 amide bonds. The normalized spacial score (nSPS) is 10.8. The van der Waals surface area contributed by atoms with E-state index < -0.39 is 0 Å². The number of fused-ring (bicyclic) bond motifs is 1. The molecule has 0 aliphatic rings. The minimum atomic E-state index is -0.374. The van der Waals surface area contributed by atoms with Gasteiger partial charge < -0.3 is 0 Å². The van der Waals surface area contributed by atoms with Crippen LogP contribution in [-0.2, 0) is 0 Å². The fraction of sp³-hybridized carbons (Fsp3) is 0. The van der Waals surface area contributed by atoms with Gasteiger partial charge >= 0.3 is 0 Å². The van der Waals surface area contributed by atoms with Crippen molar-refractivity contribution in [3.05, 3.63) is 69.8 Å². The molecule has 0 radical (unpaired) electrons. The van der Waals surface area contributed by atoms with Gasteiger partial charge in [0, 0.05) is 16.0 Å². The molecule has 26 heavy (non-hydrogen) atoms. The van der Waals surface area contributed by atoms with Gasteiger partial charge in [0.2, 0.25) is 0 Å². The third kappa shape index (κ3) is 3.39. The lowest BCUT2D eigenvalue weighted by atomic mass is 10.2. The number of anilines is 1. The summed E-state index contributed by atoms with van der Waals surface area (Å²) in [4.78, 5) is 25.4. The number of halogens is 2. The van der Waals surface area contributed by atoms with Gasteiger partial charge in [0.05, 0.1) is 27.9 Å². The van der Waals surface area contributed by atoms with Crippen molar-refractivity contribution >= 4 is 56.6 Å². The van der Waals surface area contributed by atoms with E-state index in [1.54, 1.807) is 23.6 Å². The van der Waals surface area contributed by atoms with Crippen LogP contribution in [0.4, 0.5) is 5.13 Å². The van der Waals surface area contributed by atoms with Crippen LogP contribution in [0.3, 0.4) is 0 Å². The third-order valence-electron chi connectivity index (χ3n) is 3.61. The van der Waals surface area contributed by atoms with Crippen molar-refractivity contribution in [1.82, 2.24) is 15.0 Å². The first kappa shape index (κ1) is 16.9. The van der Waals surface area contributed by atoms with E-state index in [2.05, 4.69) is 20.3 Å². The molecule has 0 unspecified atom stereocenters. The van der Waals surface area contributed by atoms with Crippen molar-refractivity contribution in [1.29, 1.82) is 0 Å². The Kier molecular flexibility index (Phi) is 4.55. The molecule has 1 N–H and O–H groups in total. The van der Waals surface area contributed by atoms with Crippen LogP contribution in [0.15, 0.2) is 54.0 Å². The lowest BCUT2D eigenvalue weighted by Crippen LogP contribution is -2.14. The first-order valence-electron chi connectivity index (χ1n) is 7.54. The number of amides is 1. The molecule has 0 atom stereocenters. The van der Waals surface area contributed by atoms with Gasteiger partial charge in [-0.15, -0.1) is 11.3 Å². The standard InChI is InChI=1S/C18H10Cl2N4OS/c19-10-5-6-12(20)11(7-10)16-9-26-18(23-16)24-17(25)15-8-21-13-3-1-2-4-14(13)22-15/h1-9H,(H,23,24,25). The number of hydrogen-bond acceptors (Lipinski definition) is 5. The number of nitrogens with one attached hydrogen (secondary N) is 1. The van der Waals surface area contributed by atoms with E-state index >= 15 is 0 Å². The number of carbonyl (C=O) groups excluding carboxylic acids is 1. The number of rotatable bonds is 3. The maximum absolute atomic E-state index is 12.4. The second kappa shape index (κ2) is 6.99. The first-order chi connectivity index (χ1) is 12.6. The summed E-state index contributed by atoms with van der Waals surface area (Å²) < 4.78 is 0. The van der Waals surface area contributed by atoms with Crippen molar-refractivity contribution in [3.8, 4) is 11.3 Å². The summed E-state index contributed by atoms with van der Waals surface area (Å²) in [6.45, 7) is 0. The zero-order valence-corrected chi connectivity index (χ0v) is 15.4. The average molecular weight is 401 g/mol. The van der Waals surface area contributed by atoms with E-state index in [1.165, 1.54) is 17.5 Å². The van der Waals surface area contributed by atoms with E-state index in [0.29, 0.717) is 32.0 Å². The summed E-state index contributed by atoms with van der Waals surface area (Å²) >= 11 is 13.5. The number of carbonyl (C=O) groups is 1. The highest BCUT2D eigenvalue weighted by Gasteiger charge is 2.14. The first-order valence-corrected chi connectivity index (χ1v) is 9.18. The van der Waals surface area contributed by atoms with Gasteiger partial charge in [0.25, 0.3) is 5.91 Å². The molecule has 2 aromatic heterocycles. The van der Waals surface area contributed by atoms with Crippen LogP contribution in [0.2, 0.25) is 10.0 Å². The van der Waals surface area contributed by atoms with E-state index in [0.717, 1.165) is 5.52 Å². The molecule has 0 aliphatic heterocycles. The van der Waals surface area contributed by atoms with Crippen molar-refractivity contribution in [2.45, 2.75) is 0 Å². The molecule has 0 bridgehead atoms.